The molecule has 0 unspecified atom stereocenters. The Kier molecular flexibility index (Phi) is 2.31. The lowest BCUT2D eigenvalue weighted by Gasteiger charge is -1.98. The van der Waals surface area contributed by atoms with Gasteiger partial charge in [0.05, 0.1) is 0 Å². The van der Waals surface area contributed by atoms with E-state index in [9.17, 15) is 10.2 Å². The maximum absolute atomic E-state index is 9.41. The minimum atomic E-state index is -0.271. The van der Waals surface area contributed by atoms with Gasteiger partial charge in [0, 0.05) is 5.56 Å². The summed E-state index contributed by atoms with van der Waals surface area (Å²) in [6.07, 6.45) is 0. The Morgan fingerprint density at radius 3 is 2.68 bits per heavy atom. The summed E-state index contributed by atoms with van der Waals surface area (Å²) in [6, 6.07) is 4.18. The second kappa shape index (κ2) is 3.98. The zero-order chi connectivity index (χ0) is 13.4. The highest BCUT2D eigenvalue weighted by molar-refractivity contribution is 5.61. The van der Waals surface area contributed by atoms with E-state index in [1.807, 2.05) is 0 Å². The van der Waals surface area contributed by atoms with Crippen LogP contribution in [0.25, 0.3) is 23.1 Å². The van der Waals surface area contributed by atoms with Crippen molar-refractivity contribution < 1.29 is 14.7 Å². The van der Waals surface area contributed by atoms with Crippen LogP contribution in [0.5, 0.6) is 11.5 Å². The molecule has 9 heteroatoms. The summed E-state index contributed by atoms with van der Waals surface area (Å²) in [6.45, 7) is 0. The highest BCUT2D eigenvalue weighted by atomic mass is 16.5. The third-order valence-electron chi connectivity index (χ3n) is 2.36. The average molecular weight is 260 g/mol. The Bertz CT molecular complexity index is 734. The standard InChI is InChI=1S/C10H8N6O3/c11-10-13-8(14-15-10)9-12-7(16-19-9)4-1-2-5(17)6(18)3-4/h1-3,17-18H,(H3,11,13,14,15). The Balaban J connectivity index is 1.98. The van der Waals surface area contributed by atoms with Crippen LogP contribution in [0, 0.1) is 0 Å². The average Bonchev–Trinajstić information content (AvgIpc) is 3.01. The molecule has 2 aromatic heterocycles. The molecule has 5 N–H and O–H groups in total. The maximum Gasteiger partial charge on any atom is 0.295 e. The molecule has 0 spiro atoms. The number of H-pyrrole nitrogens is 1. The molecule has 0 aliphatic carbocycles. The number of hydrogen-bond acceptors (Lipinski definition) is 8. The Morgan fingerprint density at radius 1 is 1.16 bits per heavy atom. The smallest absolute Gasteiger partial charge is 0.295 e. The Morgan fingerprint density at radius 2 is 2.00 bits per heavy atom. The predicted molar refractivity (Wildman–Crippen MR) is 62.9 cm³/mol. The van der Waals surface area contributed by atoms with Crippen LogP contribution in [0.4, 0.5) is 5.95 Å². The number of phenols is 2. The number of benzene rings is 1. The van der Waals surface area contributed by atoms with Crippen molar-refractivity contribution in [1.82, 2.24) is 25.3 Å². The van der Waals surface area contributed by atoms with Crippen LogP contribution in [0.1, 0.15) is 0 Å². The predicted octanol–water partition coefficient (Wildman–Crippen LogP) is 0.515. The lowest BCUT2D eigenvalue weighted by Crippen LogP contribution is -1.85. The third kappa shape index (κ3) is 1.92. The number of anilines is 1. The SMILES string of the molecule is Nc1n[nH]c(-c2nc(-c3ccc(O)c(O)c3)no2)n1. The van der Waals surface area contributed by atoms with Crippen molar-refractivity contribution in [2.24, 2.45) is 0 Å². The van der Waals surface area contributed by atoms with Gasteiger partial charge in [0.1, 0.15) is 0 Å². The molecule has 1 aromatic carbocycles. The van der Waals surface area contributed by atoms with Crippen LogP contribution in [-0.4, -0.2) is 35.5 Å². The number of hydrogen-bond donors (Lipinski definition) is 4. The molecule has 0 bridgehead atoms. The molecule has 0 aliphatic rings. The molecule has 0 radical (unpaired) electrons. The Labute approximate surface area is 105 Å². The zero-order valence-corrected chi connectivity index (χ0v) is 9.40. The second-order valence-electron chi connectivity index (χ2n) is 3.67. The first-order chi connectivity index (χ1) is 9.13. The summed E-state index contributed by atoms with van der Waals surface area (Å²) in [5.41, 5.74) is 5.85. The molecular formula is C10H8N6O3. The van der Waals surface area contributed by atoms with Crippen LogP contribution in [0.15, 0.2) is 22.7 Å². The highest BCUT2D eigenvalue weighted by Crippen LogP contribution is 2.29. The van der Waals surface area contributed by atoms with E-state index in [0.717, 1.165) is 0 Å². The van der Waals surface area contributed by atoms with Crippen LogP contribution < -0.4 is 5.73 Å². The van der Waals surface area contributed by atoms with E-state index in [1.54, 1.807) is 6.07 Å². The van der Waals surface area contributed by atoms with Gasteiger partial charge in [-0.1, -0.05) is 5.16 Å². The summed E-state index contributed by atoms with van der Waals surface area (Å²) < 4.78 is 4.99. The number of nitrogen functional groups attached to an aromatic ring is 1. The first-order valence-electron chi connectivity index (χ1n) is 5.18. The van der Waals surface area contributed by atoms with E-state index >= 15 is 0 Å². The van der Waals surface area contributed by atoms with Gasteiger partial charge < -0.3 is 20.5 Å². The summed E-state index contributed by atoms with van der Waals surface area (Å²) in [5.74, 6) is 0.173. The lowest BCUT2D eigenvalue weighted by atomic mass is 10.2. The quantitative estimate of drug-likeness (QED) is 0.487. The molecule has 19 heavy (non-hydrogen) atoms. The lowest BCUT2D eigenvalue weighted by molar-refractivity contribution is 0.403. The number of nitrogens with zero attached hydrogens (tertiary/aromatic N) is 4. The van der Waals surface area contributed by atoms with Crippen molar-refractivity contribution in [3.05, 3.63) is 18.2 Å². The molecule has 0 amide bonds. The number of rotatable bonds is 2. The number of phenolic OH excluding ortho intramolecular Hbond substituents is 2. The molecule has 0 saturated carbocycles. The van der Waals surface area contributed by atoms with Gasteiger partial charge in [-0.15, -0.1) is 5.10 Å². The summed E-state index contributed by atoms with van der Waals surface area (Å²) in [4.78, 5) is 7.92. The minimum absolute atomic E-state index is 0.0667. The van der Waals surface area contributed by atoms with E-state index in [1.165, 1.54) is 12.1 Å². The summed E-state index contributed by atoms with van der Waals surface area (Å²) in [7, 11) is 0. The van der Waals surface area contributed by atoms with Gasteiger partial charge in [0.25, 0.3) is 5.89 Å². The molecule has 3 aromatic rings. The minimum Gasteiger partial charge on any atom is -0.504 e. The van der Waals surface area contributed by atoms with Crippen molar-refractivity contribution in [2.45, 2.75) is 0 Å². The van der Waals surface area contributed by atoms with Crippen LogP contribution >= 0.6 is 0 Å². The van der Waals surface area contributed by atoms with E-state index in [2.05, 4.69) is 25.3 Å². The topological polar surface area (TPSA) is 147 Å². The van der Waals surface area contributed by atoms with Gasteiger partial charge in [-0.2, -0.15) is 9.97 Å². The number of nitrogens with two attached hydrogens (primary N) is 1. The van der Waals surface area contributed by atoms with Gasteiger partial charge >= 0.3 is 0 Å². The second-order valence-corrected chi connectivity index (χ2v) is 3.67. The van der Waals surface area contributed by atoms with E-state index < -0.39 is 0 Å². The fraction of sp³-hybridized carbons (Fsp3) is 0. The molecular weight excluding hydrogens is 252 g/mol. The number of aromatic amines is 1. The van der Waals surface area contributed by atoms with Crippen molar-refractivity contribution in [1.29, 1.82) is 0 Å². The molecule has 9 nitrogen and oxygen atoms in total. The number of nitrogens with one attached hydrogen (secondary N) is 1. The van der Waals surface area contributed by atoms with E-state index in [0.29, 0.717) is 5.56 Å². The van der Waals surface area contributed by atoms with Crippen molar-refractivity contribution in [3.63, 3.8) is 0 Å². The fourth-order valence-corrected chi connectivity index (χ4v) is 1.47. The van der Waals surface area contributed by atoms with Gasteiger partial charge in [0.2, 0.25) is 17.6 Å². The normalized spacial score (nSPS) is 10.7. The van der Waals surface area contributed by atoms with Crippen LogP contribution in [0.2, 0.25) is 0 Å². The molecule has 3 rings (SSSR count). The van der Waals surface area contributed by atoms with Gasteiger partial charge in [-0.05, 0) is 18.2 Å². The summed E-state index contributed by atoms with van der Waals surface area (Å²) >= 11 is 0. The van der Waals surface area contributed by atoms with Gasteiger partial charge in [0.15, 0.2) is 11.5 Å². The largest absolute Gasteiger partial charge is 0.504 e. The van der Waals surface area contributed by atoms with E-state index in [-0.39, 0.29) is 35.0 Å². The highest BCUT2D eigenvalue weighted by Gasteiger charge is 2.14. The summed E-state index contributed by atoms with van der Waals surface area (Å²) in [5, 5.41) is 28.5. The van der Waals surface area contributed by atoms with Crippen LogP contribution in [0.3, 0.4) is 0 Å². The van der Waals surface area contributed by atoms with Crippen molar-refractivity contribution >= 4 is 5.95 Å². The number of aromatic nitrogens is 5. The molecule has 0 saturated heterocycles. The monoisotopic (exact) mass is 260 g/mol. The number of aromatic hydroxyl groups is 2. The van der Waals surface area contributed by atoms with Crippen LogP contribution in [-0.2, 0) is 0 Å². The maximum atomic E-state index is 9.41. The van der Waals surface area contributed by atoms with E-state index in [4.69, 9.17) is 10.3 Å². The first kappa shape index (κ1) is 11.0. The van der Waals surface area contributed by atoms with Crippen molar-refractivity contribution in [3.8, 4) is 34.6 Å². The first-order valence-corrected chi connectivity index (χ1v) is 5.18. The van der Waals surface area contributed by atoms with Gasteiger partial charge in [-0.25, -0.2) is 0 Å². The Hall–Kier alpha value is -3.10. The fourth-order valence-electron chi connectivity index (χ4n) is 1.47. The van der Waals surface area contributed by atoms with Crippen molar-refractivity contribution in [2.75, 3.05) is 5.73 Å². The molecule has 0 atom stereocenters. The molecule has 2 heterocycles. The zero-order valence-electron chi connectivity index (χ0n) is 9.40. The molecule has 0 fully saturated rings. The molecule has 0 aliphatic heterocycles. The van der Waals surface area contributed by atoms with Gasteiger partial charge in [-0.3, -0.25) is 5.10 Å². The third-order valence-corrected chi connectivity index (χ3v) is 2.36. The molecule has 96 valence electrons.